The molecule has 2 aromatic carbocycles. The summed E-state index contributed by atoms with van der Waals surface area (Å²) < 4.78 is 7.68. The molecule has 158 valence electrons. The van der Waals surface area contributed by atoms with E-state index in [0.717, 1.165) is 48.6 Å². The van der Waals surface area contributed by atoms with Crippen LogP contribution < -0.4 is 10.3 Å². The molecule has 0 aliphatic carbocycles. The fourth-order valence-electron chi connectivity index (χ4n) is 4.19. The molecule has 0 bridgehead atoms. The van der Waals surface area contributed by atoms with Crippen molar-refractivity contribution in [1.29, 1.82) is 0 Å². The highest BCUT2D eigenvalue weighted by molar-refractivity contribution is 5.77. The number of ether oxygens (including phenoxy) is 1. The van der Waals surface area contributed by atoms with Gasteiger partial charge in [0.2, 0.25) is 0 Å². The Morgan fingerprint density at radius 3 is 2.53 bits per heavy atom. The maximum absolute atomic E-state index is 13.2. The monoisotopic (exact) mass is 405 g/mol. The minimum atomic E-state index is -0.0146. The van der Waals surface area contributed by atoms with Gasteiger partial charge in [-0.05, 0) is 75.2 Å². The molecule has 2 heterocycles. The quantitative estimate of drug-likeness (QED) is 0.514. The maximum Gasteiger partial charge on any atom is 0.265 e. The van der Waals surface area contributed by atoms with Gasteiger partial charge in [-0.2, -0.15) is 0 Å². The van der Waals surface area contributed by atoms with Crippen molar-refractivity contribution in [1.82, 2.24) is 14.5 Å². The van der Waals surface area contributed by atoms with Gasteiger partial charge in [-0.25, -0.2) is 4.98 Å². The molecule has 4 rings (SSSR count). The summed E-state index contributed by atoms with van der Waals surface area (Å²) in [6, 6.07) is 15.4. The summed E-state index contributed by atoms with van der Waals surface area (Å²) in [5.74, 6) is 1.65. The first kappa shape index (κ1) is 20.6. The van der Waals surface area contributed by atoms with Gasteiger partial charge in [-0.1, -0.05) is 25.5 Å². The standard InChI is InChI=1S/C25H31N3O2/c1-2-9-24-26-23-11-5-4-10-22(23)25(29)28(24)20-12-14-21(15-13-20)30-19-8-18-27-16-6-3-7-17-27/h4-5,10-15H,2-3,6-9,16-19H2,1H3. The number of rotatable bonds is 8. The second-order valence-electron chi connectivity index (χ2n) is 8.03. The van der Waals surface area contributed by atoms with E-state index in [9.17, 15) is 4.79 Å². The molecule has 0 radical (unpaired) electrons. The van der Waals surface area contributed by atoms with E-state index in [1.165, 1.54) is 32.4 Å². The van der Waals surface area contributed by atoms with Crippen LogP contribution in [0.2, 0.25) is 0 Å². The normalized spacial score (nSPS) is 14.8. The Labute approximate surface area is 178 Å². The average molecular weight is 406 g/mol. The first-order valence-electron chi connectivity index (χ1n) is 11.2. The van der Waals surface area contributed by atoms with Crippen LogP contribution in [-0.2, 0) is 6.42 Å². The lowest BCUT2D eigenvalue weighted by molar-refractivity contribution is 0.205. The molecule has 5 nitrogen and oxygen atoms in total. The predicted octanol–water partition coefficient (Wildman–Crippen LogP) is 4.59. The fraction of sp³-hybridized carbons (Fsp3) is 0.440. The summed E-state index contributed by atoms with van der Waals surface area (Å²) in [5, 5.41) is 0.649. The number of para-hydroxylation sites is 1. The van der Waals surface area contributed by atoms with Crippen molar-refractivity contribution < 1.29 is 4.74 Å². The van der Waals surface area contributed by atoms with Crippen LogP contribution in [0, 0.1) is 0 Å². The minimum absolute atomic E-state index is 0.0146. The van der Waals surface area contributed by atoms with Crippen LogP contribution in [0.5, 0.6) is 5.75 Å². The molecule has 1 saturated heterocycles. The molecule has 1 aliphatic rings. The smallest absolute Gasteiger partial charge is 0.265 e. The van der Waals surface area contributed by atoms with Crippen molar-refractivity contribution >= 4 is 10.9 Å². The highest BCUT2D eigenvalue weighted by atomic mass is 16.5. The molecule has 3 aromatic rings. The summed E-state index contributed by atoms with van der Waals surface area (Å²) in [5.41, 5.74) is 1.58. The number of aromatic nitrogens is 2. The van der Waals surface area contributed by atoms with E-state index in [1.807, 2.05) is 48.5 Å². The molecule has 1 fully saturated rings. The van der Waals surface area contributed by atoms with Gasteiger partial charge in [0.25, 0.3) is 5.56 Å². The lowest BCUT2D eigenvalue weighted by Gasteiger charge is -2.26. The van der Waals surface area contributed by atoms with Crippen molar-refractivity contribution in [3.8, 4) is 11.4 Å². The van der Waals surface area contributed by atoms with Gasteiger partial charge in [0.15, 0.2) is 0 Å². The third-order valence-corrected chi connectivity index (χ3v) is 5.75. The highest BCUT2D eigenvalue weighted by Gasteiger charge is 2.12. The molecular formula is C25H31N3O2. The Morgan fingerprint density at radius 2 is 1.77 bits per heavy atom. The van der Waals surface area contributed by atoms with Crippen molar-refractivity contribution in [3.05, 3.63) is 64.7 Å². The van der Waals surface area contributed by atoms with E-state index >= 15 is 0 Å². The minimum Gasteiger partial charge on any atom is -0.494 e. The Hall–Kier alpha value is -2.66. The van der Waals surface area contributed by atoms with E-state index in [-0.39, 0.29) is 5.56 Å². The molecular weight excluding hydrogens is 374 g/mol. The van der Waals surface area contributed by atoms with Crippen LogP contribution in [0.15, 0.2) is 53.3 Å². The van der Waals surface area contributed by atoms with Crippen LogP contribution in [0.3, 0.4) is 0 Å². The fourth-order valence-corrected chi connectivity index (χ4v) is 4.19. The van der Waals surface area contributed by atoms with Crippen molar-refractivity contribution in [2.24, 2.45) is 0 Å². The van der Waals surface area contributed by atoms with Gasteiger partial charge in [-0.3, -0.25) is 9.36 Å². The van der Waals surface area contributed by atoms with Gasteiger partial charge < -0.3 is 9.64 Å². The SMILES string of the molecule is CCCc1nc2ccccc2c(=O)n1-c1ccc(OCCCN2CCCCC2)cc1. The number of aryl methyl sites for hydroxylation is 1. The molecule has 0 N–H and O–H groups in total. The van der Waals surface area contributed by atoms with E-state index in [2.05, 4.69) is 11.8 Å². The largest absolute Gasteiger partial charge is 0.494 e. The van der Waals surface area contributed by atoms with E-state index in [0.29, 0.717) is 12.0 Å². The second-order valence-corrected chi connectivity index (χ2v) is 8.03. The number of nitrogens with zero attached hydrogens (tertiary/aromatic N) is 3. The molecule has 5 heteroatoms. The van der Waals surface area contributed by atoms with Gasteiger partial charge in [0.1, 0.15) is 11.6 Å². The first-order valence-corrected chi connectivity index (χ1v) is 11.2. The molecule has 0 atom stereocenters. The number of hydrogen-bond acceptors (Lipinski definition) is 4. The van der Waals surface area contributed by atoms with Crippen LogP contribution in [0.4, 0.5) is 0 Å². The third-order valence-electron chi connectivity index (χ3n) is 5.75. The average Bonchev–Trinajstić information content (AvgIpc) is 2.79. The van der Waals surface area contributed by atoms with Crippen molar-refractivity contribution in [3.63, 3.8) is 0 Å². The Balaban J connectivity index is 1.47. The zero-order chi connectivity index (χ0) is 20.8. The summed E-state index contributed by atoms with van der Waals surface area (Å²) >= 11 is 0. The topological polar surface area (TPSA) is 47.4 Å². The molecule has 0 amide bonds. The first-order chi connectivity index (χ1) is 14.8. The van der Waals surface area contributed by atoms with Gasteiger partial charge in [-0.15, -0.1) is 0 Å². The lowest BCUT2D eigenvalue weighted by Crippen LogP contribution is -2.31. The number of benzene rings is 2. The molecule has 0 spiro atoms. The molecule has 0 unspecified atom stereocenters. The Morgan fingerprint density at radius 1 is 1.00 bits per heavy atom. The molecule has 1 aromatic heterocycles. The Bertz CT molecular complexity index is 1020. The number of hydrogen-bond donors (Lipinski definition) is 0. The zero-order valence-corrected chi connectivity index (χ0v) is 17.8. The second kappa shape index (κ2) is 9.90. The molecule has 30 heavy (non-hydrogen) atoms. The van der Waals surface area contributed by atoms with E-state index in [1.54, 1.807) is 4.57 Å². The zero-order valence-electron chi connectivity index (χ0n) is 17.8. The summed E-state index contributed by atoms with van der Waals surface area (Å²) in [6.45, 7) is 6.38. The summed E-state index contributed by atoms with van der Waals surface area (Å²) in [6.07, 6.45) is 6.75. The number of fused-ring (bicyclic) bond motifs is 1. The maximum atomic E-state index is 13.2. The predicted molar refractivity (Wildman–Crippen MR) is 122 cm³/mol. The van der Waals surface area contributed by atoms with Crippen LogP contribution >= 0.6 is 0 Å². The highest BCUT2D eigenvalue weighted by Crippen LogP contribution is 2.18. The lowest BCUT2D eigenvalue weighted by atomic mass is 10.1. The summed E-state index contributed by atoms with van der Waals surface area (Å²) in [7, 11) is 0. The van der Waals surface area contributed by atoms with Crippen LogP contribution in [-0.4, -0.2) is 40.7 Å². The van der Waals surface area contributed by atoms with E-state index in [4.69, 9.17) is 9.72 Å². The third kappa shape index (κ3) is 4.73. The molecule has 1 aliphatic heterocycles. The van der Waals surface area contributed by atoms with E-state index < -0.39 is 0 Å². The van der Waals surface area contributed by atoms with Gasteiger partial charge in [0, 0.05) is 13.0 Å². The van der Waals surface area contributed by atoms with Gasteiger partial charge in [0.05, 0.1) is 23.2 Å². The van der Waals surface area contributed by atoms with Gasteiger partial charge >= 0.3 is 0 Å². The van der Waals surface area contributed by atoms with Crippen molar-refractivity contribution in [2.75, 3.05) is 26.2 Å². The van der Waals surface area contributed by atoms with Crippen LogP contribution in [0.25, 0.3) is 16.6 Å². The molecule has 0 saturated carbocycles. The van der Waals surface area contributed by atoms with Crippen molar-refractivity contribution in [2.45, 2.75) is 45.4 Å². The van der Waals surface area contributed by atoms with Crippen LogP contribution in [0.1, 0.15) is 44.9 Å². The Kier molecular flexibility index (Phi) is 6.80. The number of piperidine rings is 1. The number of likely N-dealkylation sites (tertiary alicyclic amines) is 1. The summed E-state index contributed by atoms with van der Waals surface area (Å²) in [4.78, 5) is 20.4.